The summed E-state index contributed by atoms with van der Waals surface area (Å²) in [5.41, 5.74) is 0. The summed E-state index contributed by atoms with van der Waals surface area (Å²) in [5.74, 6) is 0.282. The van der Waals surface area contributed by atoms with Gasteiger partial charge in [-0.1, -0.05) is 31.9 Å². The summed E-state index contributed by atoms with van der Waals surface area (Å²) in [4.78, 5) is 0. The Morgan fingerprint density at radius 2 is 2.20 bits per heavy atom. The fraction of sp³-hybridized carbons (Fsp3) is 0.778. The molecule has 0 rings (SSSR count). The third kappa shape index (κ3) is 4.57. The maximum atomic E-state index is 10.5. The maximum absolute atomic E-state index is 10.5. The van der Waals surface area contributed by atoms with Crippen molar-refractivity contribution >= 4 is 0 Å². The van der Waals surface area contributed by atoms with E-state index in [0.717, 1.165) is 6.42 Å². The zero-order chi connectivity index (χ0) is 7.82. The SMILES string of the molecule is C/C=C\C(C[O])CCCC. The minimum Gasteiger partial charge on any atom is -0.236 e. The molecule has 0 aromatic rings. The fourth-order valence-electron chi connectivity index (χ4n) is 0.974. The zero-order valence-corrected chi connectivity index (χ0v) is 6.97. The highest BCUT2D eigenvalue weighted by Gasteiger charge is 2.00. The van der Waals surface area contributed by atoms with E-state index in [4.69, 9.17) is 0 Å². The van der Waals surface area contributed by atoms with E-state index in [1.807, 2.05) is 19.1 Å². The predicted molar refractivity (Wildman–Crippen MR) is 43.4 cm³/mol. The van der Waals surface area contributed by atoms with Crippen LogP contribution in [0.3, 0.4) is 0 Å². The van der Waals surface area contributed by atoms with E-state index in [9.17, 15) is 5.11 Å². The van der Waals surface area contributed by atoms with Gasteiger partial charge in [0.2, 0.25) is 0 Å². The molecule has 1 radical (unpaired) electrons. The first-order valence-electron chi connectivity index (χ1n) is 4.06. The Hall–Kier alpha value is -0.300. The second-order valence-electron chi connectivity index (χ2n) is 2.59. The van der Waals surface area contributed by atoms with Gasteiger partial charge in [0, 0.05) is 5.92 Å². The van der Waals surface area contributed by atoms with Crippen LogP contribution in [0.25, 0.3) is 0 Å². The van der Waals surface area contributed by atoms with Gasteiger partial charge in [-0.2, -0.15) is 0 Å². The molecule has 0 fully saturated rings. The summed E-state index contributed by atoms with van der Waals surface area (Å²) >= 11 is 0. The topological polar surface area (TPSA) is 19.9 Å². The van der Waals surface area contributed by atoms with Crippen molar-refractivity contribution in [3.8, 4) is 0 Å². The smallest absolute Gasteiger partial charge is 0.0884 e. The highest BCUT2D eigenvalue weighted by Crippen LogP contribution is 2.08. The van der Waals surface area contributed by atoms with Crippen LogP contribution in [0.5, 0.6) is 0 Å². The molecule has 0 aliphatic rings. The van der Waals surface area contributed by atoms with Gasteiger partial charge in [0.15, 0.2) is 0 Å². The molecule has 0 aliphatic carbocycles. The van der Waals surface area contributed by atoms with Gasteiger partial charge < -0.3 is 0 Å². The minimum atomic E-state index is 0.0460. The van der Waals surface area contributed by atoms with E-state index in [1.165, 1.54) is 12.8 Å². The maximum Gasteiger partial charge on any atom is 0.0884 e. The molecule has 0 spiro atoms. The van der Waals surface area contributed by atoms with Gasteiger partial charge in [0.1, 0.15) is 0 Å². The number of allylic oxidation sites excluding steroid dienone is 1. The first kappa shape index (κ1) is 9.70. The highest BCUT2D eigenvalue weighted by molar-refractivity contribution is 4.84. The molecule has 0 heterocycles. The second-order valence-corrected chi connectivity index (χ2v) is 2.59. The van der Waals surface area contributed by atoms with Crippen molar-refractivity contribution in [3.05, 3.63) is 12.2 Å². The Bertz CT molecular complexity index is 86.7. The van der Waals surface area contributed by atoms with Gasteiger partial charge in [0.25, 0.3) is 0 Å². The van der Waals surface area contributed by atoms with Crippen LogP contribution in [-0.4, -0.2) is 6.61 Å². The van der Waals surface area contributed by atoms with Crippen LogP contribution in [0.4, 0.5) is 0 Å². The van der Waals surface area contributed by atoms with Crippen molar-refractivity contribution in [1.29, 1.82) is 0 Å². The van der Waals surface area contributed by atoms with E-state index >= 15 is 0 Å². The van der Waals surface area contributed by atoms with Gasteiger partial charge in [0.05, 0.1) is 6.61 Å². The van der Waals surface area contributed by atoms with Crippen molar-refractivity contribution in [2.45, 2.75) is 33.1 Å². The van der Waals surface area contributed by atoms with Crippen LogP contribution in [0.2, 0.25) is 0 Å². The van der Waals surface area contributed by atoms with Crippen LogP contribution in [0.1, 0.15) is 33.1 Å². The highest BCUT2D eigenvalue weighted by atomic mass is 16.3. The molecule has 0 N–H and O–H groups in total. The van der Waals surface area contributed by atoms with Gasteiger partial charge in [-0.3, -0.25) is 0 Å². The van der Waals surface area contributed by atoms with Crippen LogP contribution in [0.15, 0.2) is 12.2 Å². The van der Waals surface area contributed by atoms with Crippen LogP contribution in [-0.2, 0) is 5.11 Å². The normalized spacial score (nSPS) is 14.3. The molecule has 59 valence electrons. The number of rotatable bonds is 5. The van der Waals surface area contributed by atoms with Crippen LogP contribution in [0, 0.1) is 5.92 Å². The summed E-state index contributed by atoms with van der Waals surface area (Å²) in [6.45, 7) is 4.16. The molecule has 0 saturated heterocycles. The monoisotopic (exact) mass is 141 g/mol. The van der Waals surface area contributed by atoms with E-state index in [2.05, 4.69) is 6.92 Å². The molecule has 0 saturated carbocycles. The summed E-state index contributed by atoms with van der Waals surface area (Å²) in [7, 11) is 0. The first-order valence-corrected chi connectivity index (χ1v) is 4.06. The summed E-state index contributed by atoms with van der Waals surface area (Å²) in [6, 6.07) is 0. The molecule has 0 aromatic carbocycles. The van der Waals surface area contributed by atoms with Crippen molar-refractivity contribution in [2.75, 3.05) is 6.61 Å². The van der Waals surface area contributed by atoms with Gasteiger partial charge in [-0.25, -0.2) is 5.11 Å². The van der Waals surface area contributed by atoms with E-state index < -0.39 is 0 Å². The lowest BCUT2D eigenvalue weighted by atomic mass is 10.0. The standard InChI is InChI=1S/C9H17O/c1-3-5-7-9(8-10)6-4-2/h4,6,9H,3,5,7-8H2,1-2H3/b6-4-. The average Bonchev–Trinajstić information content (AvgIpc) is 1.98. The Balaban J connectivity index is 3.39. The van der Waals surface area contributed by atoms with E-state index in [0.29, 0.717) is 0 Å². The number of hydrogen-bond donors (Lipinski definition) is 0. The molecule has 0 bridgehead atoms. The molecule has 0 aliphatic heterocycles. The second kappa shape index (κ2) is 6.81. The number of unbranched alkanes of at least 4 members (excludes halogenated alkanes) is 1. The van der Waals surface area contributed by atoms with Gasteiger partial charge in [-0.05, 0) is 13.3 Å². The first-order chi connectivity index (χ1) is 4.85. The van der Waals surface area contributed by atoms with Crippen molar-refractivity contribution in [3.63, 3.8) is 0 Å². The number of hydrogen-bond acceptors (Lipinski definition) is 0. The molecule has 1 unspecified atom stereocenters. The Morgan fingerprint density at radius 3 is 2.60 bits per heavy atom. The minimum absolute atomic E-state index is 0.0460. The van der Waals surface area contributed by atoms with Crippen LogP contribution < -0.4 is 0 Å². The lowest BCUT2D eigenvalue weighted by Gasteiger charge is -2.05. The van der Waals surface area contributed by atoms with Crippen LogP contribution >= 0.6 is 0 Å². The average molecular weight is 141 g/mol. The molecule has 1 atom stereocenters. The summed E-state index contributed by atoms with van der Waals surface area (Å²) in [6.07, 6.45) is 7.41. The Kier molecular flexibility index (Phi) is 6.61. The lowest BCUT2D eigenvalue weighted by Crippen LogP contribution is -2.00. The Morgan fingerprint density at radius 1 is 1.50 bits per heavy atom. The van der Waals surface area contributed by atoms with Crippen molar-refractivity contribution < 1.29 is 5.11 Å². The van der Waals surface area contributed by atoms with Gasteiger partial charge in [-0.15, -0.1) is 0 Å². The van der Waals surface area contributed by atoms with E-state index in [-0.39, 0.29) is 12.5 Å². The lowest BCUT2D eigenvalue weighted by molar-refractivity contribution is 0.157. The largest absolute Gasteiger partial charge is 0.236 e. The predicted octanol–water partition coefficient (Wildman–Crippen LogP) is 2.80. The third-order valence-corrected chi connectivity index (χ3v) is 1.61. The summed E-state index contributed by atoms with van der Waals surface area (Å²) < 4.78 is 0. The molecule has 1 nitrogen and oxygen atoms in total. The Labute approximate surface area is 63.8 Å². The molecule has 0 amide bonds. The quantitative estimate of drug-likeness (QED) is 0.525. The van der Waals surface area contributed by atoms with Gasteiger partial charge >= 0.3 is 0 Å². The zero-order valence-electron chi connectivity index (χ0n) is 6.97. The van der Waals surface area contributed by atoms with Crippen molar-refractivity contribution in [2.24, 2.45) is 5.92 Å². The molecular weight excluding hydrogens is 124 g/mol. The molecule has 10 heavy (non-hydrogen) atoms. The summed E-state index contributed by atoms with van der Waals surface area (Å²) in [5, 5.41) is 10.5. The molecular formula is C9H17O. The molecule has 1 heteroatoms. The third-order valence-electron chi connectivity index (χ3n) is 1.61. The molecule has 0 aromatic heterocycles. The van der Waals surface area contributed by atoms with E-state index in [1.54, 1.807) is 0 Å². The fourth-order valence-corrected chi connectivity index (χ4v) is 0.974. The van der Waals surface area contributed by atoms with Crippen molar-refractivity contribution in [1.82, 2.24) is 0 Å².